The lowest BCUT2D eigenvalue weighted by molar-refractivity contribution is -0.206. The number of thiophene rings is 1. The van der Waals surface area contributed by atoms with Crippen LogP contribution in [0.4, 0.5) is 18.0 Å². The van der Waals surface area contributed by atoms with Crippen molar-refractivity contribution in [3.05, 3.63) is 22.4 Å². The highest BCUT2D eigenvalue weighted by atomic mass is 32.1. The van der Waals surface area contributed by atoms with Crippen LogP contribution >= 0.6 is 11.3 Å². The van der Waals surface area contributed by atoms with Gasteiger partial charge in [0.25, 0.3) is 5.91 Å². The summed E-state index contributed by atoms with van der Waals surface area (Å²) in [7, 11) is 0. The second-order valence-electron chi connectivity index (χ2n) is 4.51. The van der Waals surface area contributed by atoms with Gasteiger partial charge in [-0.2, -0.15) is 13.2 Å². The van der Waals surface area contributed by atoms with Gasteiger partial charge >= 0.3 is 12.2 Å². The van der Waals surface area contributed by atoms with Crippen LogP contribution < -0.4 is 5.32 Å². The molecule has 0 bridgehead atoms. The first-order chi connectivity index (χ1) is 9.16. The number of carbonyl (C=O) groups excluding carboxylic acids is 2. The van der Waals surface area contributed by atoms with E-state index in [0.29, 0.717) is 9.78 Å². The van der Waals surface area contributed by atoms with Crippen LogP contribution in [0.25, 0.3) is 0 Å². The number of hydrogen-bond donors (Lipinski definition) is 2. The molecule has 2 N–H and O–H groups in total. The Hall–Kier alpha value is -1.61. The third-order valence-electron chi connectivity index (χ3n) is 3.02. The number of β-amino-alcohol motifs (C(OH)–C–C–N with tert-alkyl or cyclic N) is 1. The molecule has 2 rings (SSSR count). The average Bonchev–Trinajstić information content (AvgIpc) is 2.92. The van der Waals surface area contributed by atoms with Gasteiger partial charge in [0.2, 0.25) is 0 Å². The molecule has 1 saturated heterocycles. The van der Waals surface area contributed by atoms with Crippen molar-refractivity contribution in [3.63, 3.8) is 0 Å². The Kier molecular flexibility index (Phi) is 3.51. The molecule has 0 saturated carbocycles. The standard InChI is InChI=1S/C11H11F3N2O3S/c1-10(7-3-2-4-20-7)8(18)16(9(19)15-10)5-6(17)11(12,13)14/h2-4,6,17H,5H2,1H3,(H,15,19)/t6-,10+/m0/s1. The molecule has 110 valence electrons. The van der Waals surface area contributed by atoms with Gasteiger partial charge in [-0.05, 0) is 18.4 Å². The number of imide groups is 1. The van der Waals surface area contributed by atoms with E-state index in [1.165, 1.54) is 18.3 Å². The molecule has 0 radical (unpaired) electrons. The predicted octanol–water partition coefficient (Wildman–Crippen LogP) is 1.44. The van der Waals surface area contributed by atoms with E-state index in [0.717, 1.165) is 0 Å². The molecule has 3 amide bonds. The lowest BCUT2D eigenvalue weighted by Crippen LogP contribution is -2.45. The summed E-state index contributed by atoms with van der Waals surface area (Å²) in [6.07, 6.45) is -7.65. The third-order valence-corrected chi connectivity index (χ3v) is 4.11. The summed E-state index contributed by atoms with van der Waals surface area (Å²) >= 11 is 1.20. The van der Waals surface area contributed by atoms with Gasteiger partial charge in [-0.1, -0.05) is 6.07 Å². The molecular formula is C11H11F3N2O3S. The van der Waals surface area contributed by atoms with Crippen LogP contribution in [0.2, 0.25) is 0 Å². The lowest BCUT2D eigenvalue weighted by atomic mass is 10.0. The largest absolute Gasteiger partial charge is 0.416 e. The third kappa shape index (κ3) is 2.38. The number of aliphatic hydroxyl groups is 1. The minimum atomic E-state index is -4.89. The fourth-order valence-corrected chi connectivity index (χ4v) is 2.70. The minimum Gasteiger partial charge on any atom is -0.382 e. The van der Waals surface area contributed by atoms with E-state index >= 15 is 0 Å². The zero-order valence-electron chi connectivity index (χ0n) is 10.3. The molecule has 20 heavy (non-hydrogen) atoms. The number of alkyl halides is 3. The molecule has 5 nitrogen and oxygen atoms in total. The Balaban J connectivity index is 2.22. The number of rotatable bonds is 3. The van der Waals surface area contributed by atoms with Crippen LogP contribution in [0.15, 0.2) is 17.5 Å². The Morgan fingerprint density at radius 1 is 1.50 bits per heavy atom. The van der Waals surface area contributed by atoms with E-state index in [1.54, 1.807) is 17.5 Å². The SMILES string of the molecule is C[C@]1(c2cccs2)NC(=O)N(C[C@H](O)C(F)(F)F)C1=O. The molecule has 1 fully saturated rings. The molecule has 2 atom stereocenters. The van der Waals surface area contributed by atoms with E-state index in [1.807, 2.05) is 0 Å². The number of aliphatic hydroxyl groups excluding tert-OH is 1. The molecule has 1 aromatic heterocycles. The topological polar surface area (TPSA) is 69.6 Å². The molecule has 0 aromatic carbocycles. The molecule has 1 aliphatic rings. The molecular weight excluding hydrogens is 297 g/mol. The van der Waals surface area contributed by atoms with Crippen LogP contribution in [0.1, 0.15) is 11.8 Å². The normalized spacial score (nSPS) is 24.9. The Morgan fingerprint density at radius 2 is 2.15 bits per heavy atom. The second kappa shape index (κ2) is 4.74. The van der Waals surface area contributed by atoms with Gasteiger partial charge in [-0.15, -0.1) is 11.3 Å². The van der Waals surface area contributed by atoms with Crippen LogP contribution in [-0.4, -0.2) is 40.8 Å². The summed E-state index contributed by atoms with van der Waals surface area (Å²) in [6.45, 7) is 0.300. The lowest BCUT2D eigenvalue weighted by Gasteiger charge is -2.22. The van der Waals surface area contributed by atoms with Gasteiger partial charge in [0, 0.05) is 4.88 Å². The summed E-state index contributed by atoms with van der Waals surface area (Å²) < 4.78 is 36.9. The van der Waals surface area contributed by atoms with Crippen molar-refractivity contribution in [3.8, 4) is 0 Å². The van der Waals surface area contributed by atoms with Crippen LogP contribution in [0, 0.1) is 0 Å². The van der Waals surface area contributed by atoms with Crippen molar-refractivity contribution >= 4 is 23.3 Å². The van der Waals surface area contributed by atoms with Crippen LogP contribution in [-0.2, 0) is 10.3 Å². The number of nitrogens with one attached hydrogen (secondary N) is 1. The number of hydrogen-bond acceptors (Lipinski definition) is 4. The number of carbonyl (C=O) groups is 2. The van der Waals surface area contributed by atoms with Crippen molar-refractivity contribution in [2.75, 3.05) is 6.54 Å². The molecule has 1 aliphatic heterocycles. The Labute approximate surface area is 116 Å². The van der Waals surface area contributed by atoms with E-state index in [-0.39, 0.29) is 0 Å². The highest BCUT2D eigenvalue weighted by Gasteiger charge is 2.52. The van der Waals surface area contributed by atoms with Gasteiger partial charge in [0.15, 0.2) is 11.6 Å². The van der Waals surface area contributed by atoms with Gasteiger partial charge < -0.3 is 10.4 Å². The zero-order valence-corrected chi connectivity index (χ0v) is 11.1. The fraction of sp³-hybridized carbons (Fsp3) is 0.455. The van der Waals surface area contributed by atoms with Crippen molar-refractivity contribution < 1.29 is 27.9 Å². The van der Waals surface area contributed by atoms with E-state index in [9.17, 15) is 22.8 Å². The van der Waals surface area contributed by atoms with Crippen molar-refractivity contribution in [2.45, 2.75) is 24.7 Å². The van der Waals surface area contributed by atoms with Gasteiger partial charge in [-0.3, -0.25) is 9.69 Å². The number of urea groups is 1. The maximum atomic E-state index is 12.3. The first kappa shape index (κ1) is 14.8. The summed E-state index contributed by atoms with van der Waals surface area (Å²) in [5.74, 6) is -0.812. The predicted molar refractivity (Wildman–Crippen MR) is 64.0 cm³/mol. The van der Waals surface area contributed by atoms with Crippen LogP contribution in [0.5, 0.6) is 0 Å². The number of nitrogens with zero attached hydrogens (tertiary/aromatic N) is 1. The molecule has 2 heterocycles. The molecule has 1 aromatic rings. The fourth-order valence-electron chi connectivity index (χ4n) is 1.87. The molecule has 0 aliphatic carbocycles. The maximum Gasteiger partial charge on any atom is 0.416 e. The molecule has 0 spiro atoms. The summed E-state index contributed by atoms with van der Waals surface area (Å²) in [5, 5.41) is 13.0. The van der Waals surface area contributed by atoms with Crippen molar-refractivity contribution in [1.82, 2.24) is 10.2 Å². The van der Waals surface area contributed by atoms with Crippen molar-refractivity contribution in [2.24, 2.45) is 0 Å². The second-order valence-corrected chi connectivity index (χ2v) is 5.45. The van der Waals surface area contributed by atoms with Gasteiger partial charge in [0.1, 0.15) is 0 Å². The van der Waals surface area contributed by atoms with E-state index in [2.05, 4.69) is 5.32 Å². The Morgan fingerprint density at radius 3 is 2.65 bits per heavy atom. The van der Waals surface area contributed by atoms with E-state index < -0.39 is 36.3 Å². The van der Waals surface area contributed by atoms with Crippen LogP contribution in [0.3, 0.4) is 0 Å². The van der Waals surface area contributed by atoms with Gasteiger partial charge in [0.05, 0.1) is 6.54 Å². The number of amides is 3. The monoisotopic (exact) mass is 308 g/mol. The highest BCUT2D eigenvalue weighted by molar-refractivity contribution is 7.10. The average molecular weight is 308 g/mol. The van der Waals surface area contributed by atoms with Gasteiger partial charge in [-0.25, -0.2) is 4.79 Å². The zero-order chi connectivity index (χ0) is 15.1. The molecule has 9 heteroatoms. The Bertz CT molecular complexity index is 532. The summed E-state index contributed by atoms with van der Waals surface area (Å²) in [6, 6.07) is 2.32. The molecule has 0 unspecified atom stereocenters. The van der Waals surface area contributed by atoms with E-state index in [4.69, 9.17) is 5.11 Å². The quantitative estimate of drug-likeness (QED) is 0.830. The highest BCUT2D eigenvalue weighted by Crippen LogP contribution is 2.32. The smallest absolute Gasteiger partial charge is 0.382 e. The first-order valence-electron chi connectivity index (χ1n) is 5.59. The number of halogens is 3. The minimum absolute atomic E-state index is 0.387. The first-order valence-corrected chi connectivity index (χ1v) is 6.47. The summed E-state index contributed by atoms with van der Waals surface area (Å²) in [5.41, 5.74) is -1.39. The maximum absolute atomic E-state index is 12.3. The van der Waals surface area contributed by atoms with Crippen molar-refractivity contribution in [1.29, 1.82) is 0 Å². The summed E-state index contributed by atoms with van der Waals surface area (Å²) in [4.78, 5) is 24.7.